The zero-order valence-electron chi connectivity index (χ0n) is 5.66. The number of hydrogen-bond donors (Lipinski definition) is 0. The van der Waals surface area contributed by atoms with Gasteiger partial charge in [-0.15, -0.1) is 0 Å². The van der Waals surface area contributed by atoms with E-state index in [4.69, 9.17) is 0 Å². The average Bonchev–Trinajstić information content (AvgIpc) is 2.38. The summed E-state index contributed by atoms with van der Waals surface area (Å²) in [6.45, 7) is 0. The third-order valence-electron chi connectivity index (χ3n) is 1.12. The highest BCUT2D eigenvalue weighted by atomic mass is 32.2. The van der Waals surface area contributed by atoms with Crippen molar-refractivity contribution in [2.75, 3.05) is 12.0 Å². The number of carbonyl (C=O) groups excluding carboxylic acids is 1. The predicted molar refractivity (Wildman–Crippen MR) is 47.0 cm³/mol. The molecule has 0 aliphatic rings. The Hall–Kier alpha value is -0.280. The van der Waals surface area contributed by atoms with Crippen LogP contribution in [0.15, 0.2) is 16.8 Å². The molecule has 1 heterocycles. The third-order valence-corrected chi connectivity index (χ3v) is 2.35. The summed E-state index contributed by atoms with van der Waals surface area (Å²) < 4.78 is 0. The van der Waals surface area contributed by atoms with E-state index in [2.05, 4.69) is 0 Å². The second-order valence-electron chi connectivity index (χ2n) is 1.87. The molecule has 0 unspecified atom stereocenters. The molecule has 0 fully saturated rings. The van der Waals surface area contributed by atoms with Crippen molar-refractivity contribution >= 4 is 28.9 Å². The first-order valence-corrected chi connectivity index (χ1v) is 5.22. The molecule has 1 nitrogen and oxygen atoms in total. The SMILES string of the molecule is CSCC(=O)c1ccsc1. The van der Waals surface area contributed by atoms with Crippen molar-refractivity contribution in [3.63, 3.8) is 0 Å². The first kappa shape index (κ1) is 7.82. The molecule has 0 amide bonds. The molecule has 10 heavy (non-hydrogen) atoms. The van der Waals surface area contributed by atoms with E-state index >= 15 is 0 Å². The molecule has 0 aliphatic heterocycles. The van der Waals surface area contributed by atoms with E-state index in [9.17, 15) is 4.79 Å². The number of thioether (sulfide) groups is 1. The maximum absolute atomic E-state index is 11.1. The van der Waals surface area contributed by atoms with Gasteiger partial charge in [-0.05, 0) is 17.7 Å². The molecule has 0 atom stereocenters. The fraction of sp³-hybridized carbons (Fsp3) is 0.286. The minimum Gasteiger partial charge on any atom is -0.293 e. The summed E-state index contributed by atoms with van der Waals surface area (Å²) >= 11 is 3.13. The topological polar surface area (TPSA) is 17.1 Å². The summed E-state index contributed by atoms with van der Waals surface area (Å²) in [5, 5.41) is 3.81. The molecule has 54 valence electrons. The smallest absolute Gasteiger partial charge is 0.173 e. The molecule has 1 aromatic heterocycles. The van der Waals surface area contributed by atoms with E-state index in [1.54, 1.807) is 23.1 Å². The number of Topliss-reactive ketones (excluding diaryl/α,β-unsaturated/α-hetero) is 1. The highest BCUT2D eigenvalue weighted by Crippen LogP contribution is 2.08. The van der Waals surface area contributed by atoms with Crippen LogP contribution < -0.4 is 0 Å². The maximum Gasteiger partial charge on any atom is 0.173 e. The van der Waals surface area contributed by atoms with Crippen LogP contribution in [0.1, 0.15) is 10.4 Å². The van der Waals surface area contributed by atoms with Crippen LogP contribution in [-0.4, -0.2) is 17.8 Å². The van der Waals surface area contributed by atoms with Crippen molar-refractivity contribution < 1.29 is 4.79 Å². The largest absolute Gasteiger partial charge is 0.293 e. The molecule has 1 aromatic rings. The molecule has 0 N–H and O–H groups in total. The van der Waals surface area contributed by atoms with Crippen molar-refractivity contribution in [2.45, 2.75) is 0 Å². The van der Waals surface area contributed by atoms with E-state index < -0.39 is 0 Å². The standard InChI is InChI=1S/C7H8OS2/c1-9-5-7(8)6-2-3-10-4-6/h2-4H,5H2,1H3. The van der Waals surface area contributed by atoms with Gasteiger partial charge in [0, 0.05) is 10.9 Å². The summed E-state index contributed by atoms with van der Waals surface area (Å²) in [6, 6.07) is 1.86. The van der Waals surface area contributed by atoms with Crippen molar-refractivity contribution in [3.05, 3.63) is 22.4 Å². The van der Waals surface area contributed by atoms with E-state index in [-0.39, 0.29) is 5.78 Å². The molecular formula is C7H8OS2. The Morgan fingerprint density at radius 1 is 1.80 bits per heavy atom. The molecule has 0 saturated carbocycles. The quantitative estimate of drug-likeness (QED) is 0.651. The van der Waals surface area contributed by atoms with Crippen LogP contribution in [0.2, 0.25) is 0 Å². The zero-order valence-corrected chi connectivity index (χ0v) is 7.30. The molecule has 0 aliphatic carbocycles. The predicted octanol–water partition coefficient (Wildman–Crippen LogP) is 2.29. The van der Waals surface area contributed by atoms with Gasteiger partial charge in [0.25, 0.3) is 0 Å². The van der Waals surface area contributed by atoms with Crippen LogP contribution in [0.25, 0.3) is 0 Å². The van der Waals surface area contributed by atoms with Gasteiger partial charge in [0.1, 0.15) is 0 Å². The summed E-state index contributed by atoms with van der Waals surface area (Å²) in [5.74, 6) is 0.824. The van der Waals surface area contributed by atoms with E-state index in [1.165, 1.54) is 0 Å². The lowest BCUT2D eigenvalue weighted by Crippen LogP contribution is -1.98. The van der Waals surface area contributed by atoms with Gasteiger partial charge in [-0.25, -0.2) is 0 Å². The Morgan fingerprint density at radius 3 is 3.10 bits per heavy atom. The van der Waals surface area contributed by atoms with Gasteiger partial charge in [0.05, 0.1) is 5.75 Å². The minimum absolute atomic E-state index is 0.230. The molecule has 0 radical (unpaired) electrons. The van der Waals surface area contributed by atoms with Crippen LogP contribution >= 0.6 is 23.1 Å². The number of ketones is 1. The van der Waals surface area contributed by atoms with Gasteiger partial charge in [-0.2, -0.15) is 23.1 Å². The Bertz CT molecular complexity index is 203. The fourth-order valence-corrected chi connectivity index (χ4v) is 1.73. The van der Waals surface area contributed by atoms with E-state index in [1.807, 2.05) is 23.1 Å². The van der Waals surface area contributed by atoms with Gasteiger partial charge in [0.15, 0.2) is 5.78 Å². The van der Waals surface area contributed by atoms with Crippen molar-refractivity contribution in [2.24, 2.45) is 0 Å². The number of rotatable bonds is 3. The van der Waals surface area contributed by atoms with E-state index in [0.717, 1.165) is 5.56 Å². The maximum atomic E-state index is 11.1. The van der Waals surface area contributed by atoms with Gasteiger partial charge in [0.2, 0.25) is 0 Å². The molecule has 0 saturated heterocycles. The Labute approximate surface area is 68.5 Å². The first-order chi connectivity index (χ1) is 4.84. The summed E-state index contributed by atoms with van der Waals surface area (Å²) in [7, 11) is 0. The molecule has 3 heteroatoms. The van der Waals surface area contributed by atoms with Crippen LogP contribution in [0.4, 0.5) is 0 Å². The highest BCUT2D eigenvalue weighted by molar-refractivity contribution is 7.99. The van der Waals surface area contributed by atoms with Crippen LogP contribution in [-0.2, 0) is 0 Å². The van der Waals surface area contributed by atoms with Crippen LogP contribution in [0.5, 0.6) is 0 Å². The van der Waals surface area contributed by atoms with Gasteiger partial charge in [-0.3, -0.25) is 4.79 Å². The lowest BCUT2D eigenvalue weighted by Gasteiger charge is -1.90. The van der Waals surface area contributed by atoms with Crippen LogP contribution in [0, 0.1) is 0 Å². The molecule has 1 rings (SSSR count). The van der Waals surface area contributed by atoms with E-state index in [0.29, 0.717) is 5.75 Å². The minimum atomic E-state index is 0.230. The lowest BCUT2D eigenvalue weighted by molar-refractivity contribution is 0.102. The van der Waals surface area contributed by atoms with Crippen molar-refractivity contribution in [1.82, 2.24) is 0 Å². The molecule has 0 bridgehead atoms. The lowest BCUT2D eigenvalue weighted by atomic mass is 10.2. The van der Waals surface area contributed by atoms with Gasteiger partial charge >= 0.3 is 0 Å². The molecule has 0 aromatic carbocycles. The first-order valence-electron chi connectivity index (χ1n) is 2.89. The second kappa shape index (κ2) is 3.78. The normalized spacial score (nSPS) is 9.70. The van der Waals surface area contributed by atoms with Gasteiger partial charge < -0.3 is 0 Å². The molecule has 0 spiro atoms. The fourth-order valence-electron chi connectivity index (χ4n) is 0.638. The highest BCUT2D eigenvalue weighted by Gasteiger charge is 2.02. The summed E-state index contributed by atoms with van der Waals surface area (Å²) in [5.41, 5.74) is 0.847. The Morgan fingerprint density at radius 2 is 2.60 bits per heavy atom. The summed E-state index contributed by atoms with van der Waals surface area (Å²) in [4.78, 5) is 11.1. The number of carbonyl (C=O) groups is 1. The third kappa shape index (κ3) is 1.85. The number of hydrogen-bond acceptors (Lipinski definition) is 3. The monoisotopic (exact) mass is 172 g/mol. The summed E-state index contributed by atoms with van der Waals surface area (Å²) in [6.07, 6.45) is 1.93. The number of thiophene rings is 1. The molecular weight excluding hydrogens is 164 g/mol. The second-order valence-corrected chi connectivity index (χ2v) is 3.51. The average molecular weight is 172 g/mol. The van der Waals surface area contributed by atoms with Crippen LogP contribution in [0.3, 0.4) is 0 Å². The van der Waals surface area contributed by atoms with Gasteiger partial charge in [-0.1, -0.05) is 0 Å². The Kier molecular flexibility index (Phi) is 2.96. The Balaban J connectivity index is 2.59. The zero-order chi connectivity index (χ0) is 7.40. The van der Waals surface area contributed by atoms with Crippen molar-refractivity contribution in [1.29, 1.82) is 0 Å². The van der Waals surface area contributed by atoms with Crippen molar-refractivity contribution in [3.8, 4) is 0 Å².